The van der Waals surface area contributed by atoms with Crippen LogP contribution in [0.3, 0.4) is 0 Å². The molecule has 2 N–H and O–H groups in total. The Morgan fingerprint density at radius 1 is 0.909 bits per heavy atom. The molecule has 44 heavy (non-hydrogen) atoms. The van der Waals surface area contributed by atoms with Crippen molar-refractivity contribution >= 4 is 36.0 Å². The molecule has 0 aromatic heterocycles. The number of carboxylic acids is 1. The largest absolute Gasteiger partial charge is 0.481 e. The van der Waals surface area contributed by atoms with Crippen LogP contribution in [0.1, 0.15) is 68.8 Å². The Morgan fingerprint density at radius 3 is 2.07 bits per heavy atom. The standard InChI is InChI=1S/C35H38FN3O5/c1-23(2)20-30(32(42)37-29(21-31(40)41)27-16-18-28(36)19-17-27)39-33(43)35(3,4)38(34(39)44)22-26-14-12-25(13-15-26)11-10-24-8-6-5-7-9-24/h5-19,23,29-30H,20-22H2,1-4H3,(H,37,42)(H,40,41)/b11-10+/t29?,30-/m1/s1. The van der Waals surface area contributed by atoms with Crippen LogP contribution in [-0.2, 0) is 20.9 Å². The van der Waals surface area contributed by atoms with Crippen LogP contribution >= 0.6 is 0 Å². The fraction of sp³-hybridized carbons (Fsp3) is 0.314. The number of benzene rings is 3. The van der Waals surface area contributed by atoms with Gasteiger partial charge >= 0.3 is 12.0 Å². The maximum atomic E-state index is 13.9. The van der Waals surface area contributed by atoms with Crippen molar-refractivity contribution in [1.29, 1.82) is 0 Å². The molecule has 4 amide bonds. The molecule has 0 spiro atoms. The van der Waals surface area contributed by atoms with Gasteiger partial charge in [0.2, 0.25) is 5.91 Å². The van der Waals surface area contributed by atoms with Gasteiger partial charge in [0.25, 0.3) is 5.91 Å². The molecule has 1 aliphatic rings. The van der Waals surface area contributed by atoms with Gasteiger partial charge in [-0.05, 0) is 60.6 Å². The van der Waals surface area contributed by atoms with Crippen LogP contribution in [0.2, 0.25) is 0 Å². The van der Waals surface area contributed by atoms with E-state index in [0.717, 1.165) is 21.6 Å². The number of urea groups is 1. The van der Waals surface area contributed by atoms with E-state index in [2.05, 4.69) is 5.32 Å². The molecule has 1 heterocycles. The van der Waals surface area contributed by atoms with Crippen LogP contribution in [0.25, 0.3) is 12.2 Å². The van der Waals surface area contributed by atoms with Crippen molar-refractivity contribution in [2.45, 2.75) is 64.7 Å². The minimum absolute atomic E-state index is 0.0660. The van der Waals surface area contributed by atoms with E-state index in [1.807, 2.05) is 80.6 Å². The van der Waals surface area contributed by atoms with Gasteiger partial charge < -0.3 is 15.3 Å². The highest BCUT2D eigenvalue weighted by Gasteiger charge is 2.54. The summed E-state index contributed by atoms with van der Waals surface area (Å²) < 4.78 is 13.5. The number of halogens is 1. The summed E-state index contributed by atoms with van der Waals surface area (Å²) >= 11 is 0. The first-order valence-corrected chi connectivity index (χ1v) is 14.6. The first kappa shape index (κ1) is 32.1. The Bertz CT molecular complexity index is 1520. The average molecular weight is 600 g/mol. The molecule has 1 aliphatic heterocycles. The molecule has 3 aromatic rings. The Morgan fingerprint density at radius 2 is 1.50 bits per heavy atom. The predicted molar refractivity (Wildman–Crippen MR) is 166 cm³/mol. The zero-order chi connectivity index (χ0) is 32.0. The van der Waals surface area contributed by atoms with Crippen molar-refractivity contribution in [3.05, 3.63) is 107 Å². The van der Waals surface area contributed by atoms with Crippen LogP contribution in [0.4, 0.5) is 9.18 Å². The number of aliphatic carboxylic acids is 1. The molecular weight excluding hydrogens is 561 g/mol. The van der Waals surface area contributed by atoms with Crippen LogP contribution in [-0.4, -0.2) is 50.3 Å². The van der Waals surface area contributed by atoms with E-state index in [9.17, 15) is 28.7 Å². The Kier molecular flexibility index (Phi) is 9.98. The maximum Gasteiger partial charge on any atom is 0.328 e. The minimum atomic E-state index is -1.23. The maximum absolute atomic E-state index is 13.9. The quantitative estimate of drug-likeness (QED) is 0.188. The molecule has 0 bridgehead atoms. The van der Waals surface area contributed by atoms with E-state index in [1.165, 1.54) is 29.2 Å². The number of nitrogens with zero attached hydrogens (tertiary/aromatic N) is 2. The molecule has 0 radical (unpaired) electrons. The topological polar surface area (TPSA) is 107 Å². The van der Waals surface area contributed by atoms with E-state index >= 15 is 0 Å². The molecule has 4 rings (SSSR count). The molecule has 9 heteroatoms. The van der Waals surface area contributed by atoms with Gasteiger partial charge in [-0.1, -0.05) is 92.7 Å². The monoisotopic (exact) mass is 599 g/mol. The van der Waals surface area contributed by atoms with Crippen molar-refractivity contribution in [2.75, 3.05) is 0 Å². The third kappa shape index (κ3) is 7.58. The number of hydrogen-bond donors (Lipinski definition) is 2. The summed E-state index contributed by atoms with van der Waals surface area (Å²) in [5.74, 6) is -2.89. The highest BCUT2D eigenvalue weighted by Crippen LogP contribution is 2.33. The molecule has 2 atom stereocenters. The Hall–Kier alpha value is -4.79. The third-order valence-corrected chi connectivity index (χ3v) is 7.72. The Labute approximate surface area is 257 Å². The minimum Gasteiger partial charge on any atom is -0.481 e. The normalized spacial score (nSPS) is 16.0. The summed E-state index contributed by atoms with van der Waals surface area (Å²) in [6, 6.07) is 20.0. The zero-order valence-corrected chi connectivity index (χ0v) is 25.4. The van der Waals surface area contributed by atoms with E-state index in [1.54, 1.807) is 13.8 Å². The lowest BCUT2D eigenvalue weighted by Gasteiger charge is -2.29. The second-order valence-corrected chi connectivity index (χ2v) is 11.9. The molecule has 1 unspecified atom stereocenters. The summed E-state index contributed by atoms with van der Waals surface area (Å²) in [7, 11) is 0. The van der Waals surface area contributed by atoms with E-state index in [4.69, 9.17) is 0 Å². The zero-order valence-electron chi connectivity index (χ0n) is 25.4. The van der Waals surface area contributed by atoms with Gasteiger partial charge in [-0.25, -0.2) is 14.1 Å². The third-order valence-electron chi connectivity index (χ3n) is 7.72. The van der Waals surface area contributed by atoms with Gasteiger partial charge in [0, 0.05) is 6.54 Å². The predicted octanol–water partition coefficient (Wildman–Crippen LogP) is 6.29. The van der Waals surface area contributed by atoms with Crippen molar-refractivity contribution in [1.82, 2.24) is 15.1 Å². The number of rotatable bonds is 12. The number of imide groups is 1. The van der Waals surface area contributed by atoms with Gasteiger partial charge in [0.05, 0.1) is 12.5 Å². The molecule has 0 saturated carbocycles. The smallest absolute Gasteiger partial charge is 0.328 e. The van der Waals surface area contributed by atoms with Crippen molar-refractivity contribution < 1.29 is 28.7 Å². The molecule has 8 nitrogen and oxygen atoms in total. The van der Waals surface area contributed by atoms with Crippen LogP contribution in [0, 0.1) is 11.7 Å². The second kappa shape index (κ2) is 13.7. The Balaban J connectivity index is 1.55. The number of carbonyl (C=O) groups is 4. The summed E-state index contributed by atoms with van der Waals surface area (Å²) in [6.45, 7) is 7.21. The number of carbonyl (C=O) groups excluding carboxylic acids is 3. The lowest BCUT2D eigenvalue weighted by Crippen LogP contribution is -2.52. The van der Waals surface area contributed by atoms with E-state index in [-0.39, 0.29) is 18.9 Å². The average Bonchev–Trinajstić information content (AvgIpc) is 3.14. The van der Waals surface area contributed by atoms with Gasteiger partial charge in [0.1, 0.15) is 17.4 Å². The van der Waals surface area contributed by atoms with Gasteiger partial charge in [-0.2, -0.15) is 0 Å². The second-order valence-electron chi connectivity index (χ2n) is 11.9. The van der Waals surface area contributed by atoms with Crippen molar-refractivity contribution in [3.8, 4) is 0 Å². The number of carboxylic acid groups (broad SMARTS) is 1. The van der Waals surface area contributed by atoms with Gasteiger partial charge in [0.15, 0.2) is 0 Å². The van der Waals surface area contributed by atoms with Gasteiger partial charge in [-0.15, -0.1) is 0 Å². The van der Waals surface area contributed by atoms with Crippen LogP contribution in [0.5, 0.6) is 0 Å². The van der Waals surface area contributed by atoms with Crippen molar-refractivity contribution in [3.63, 3.8) is 0 Å². The molecule has 230 valence electrons. The summed E-state index contributed by atoms with van der Waals surface area (Å²) in [4.78, 5) is 55.4. The molecule has 1 fully saturated rings. The van der Waals surface area contributed by atoms with Gasteiger partial charge in [-0.3, -0.25) is 14.4 Å². The first-order valence-electron chi connectivity index (χ1n) is 14.6. The summed E-state index contributed by atoms with van der Waals surface area (Å²) in [5, 5.41) is 12.2. The summed E-state index contributed by atoms with van der Waals surface area (Å²) in [5.41, 5.74) is 2.05. The number of nitrogens with one attached hydrogen (secondary N) is 1. The SMILES string of the molecule is CC(C)C[C@H](C(=O)NC(CC(=O)O)c1ccc(F)cc1)N1C(=O)N(Cc2ccc(/C=C/c3ccccc3)cc2)C(C)(C)C1=O. The lowest BCUT2D eigenvalue weighted by molar-refractivity contribution is -0.140. The molecule has 1 saturated heterocycles. The van der Waals surface area contributed by atoms with Crippen LogP contribution in [0.15, 0.2) is 78.9 Å². The number of amides is 4. The molecule has 3 aromatic carbocycles. The highest BCUT2D eigenvalue weighted by atomic mass is 19.1. The lowest BCUT2D eigenvalue weighted by atomic mass is 9.98. The fourth-order valence-electron chi connectivity index (χ4n) is 5.25. The highest BCUT2D eigenvalue weighted by molar-refractivity contribution is 6.09. The first-order chi connectivity index (χ1) is 20.9. The fourth-order valence-corrected chi connectivity index (χ4v) is 5.25. The van der Waals surface area contributed by atoms with Crippen molar-refractivity contribution in [2.24, 2.45) is 5.92 Å². The van der Waals surface area contributed by atoms with E-state index < -0.39 is 53.7 Å². The van der Waals surface area contributed by atoms with Crippen LogP contribution < -0.4 is 5.32 Å². The van der Waals surface area contributed by atoms with E-state index in [0.29, 0.717) is 5.56 Å². The molecular formula is C35H38FN3O5. The molecule has 0 aliphatic carbocycles. The number of hydrogen-bond acceptors (Lipinski definition) is 4. The summed E-state index contributed by atoms with van der Waals surface area (Å²) in [6.07, 6.45) is 3.73.